The molecule has 0 fully saturated rings. The van der Waals surface area contributed by atoms with Crippen molar-refractivity contribution >= 4 is 11.9 Å². The minimum absolute atomic E-state index is 0.0732. The lowest BCUT2D eigenvalue weighted by atomic mass is 10.2. The Morgan fingerprint density at radius 3 is 2.58 bits per heavy atom. The minimum atomic E-state index is -4.58. The fourth-order valence-corrected chi connectivity index (χ4v) is 1.59. The highest BCUT2D eigenvalue weighted by Crippen LogP contribution is 2.31. The number of carboxylic acid groups (broad SMARTS) is 1. The summed E-state index contributed by atoms with van der Waals surface area (Å²) in [6.07, 6.45) is -3.50. The van der Waals surface area contributed by atoms with Crippen LogP contribution in [0.15, 0.2) is 6.07 Å². The fourth-order valence-electron chi connectivity index (χ4n) is 1.59. The maximum atomic E-state index is 12.6. The summed E-state index contributed by atoms with van der Waals surface area (Å²) in [5, 5.41) is 12.3. The molecule has 0 saturated carbocycles. The number of carbonyl (C=O) groups is 1. The minimum Gasteiger partial charge on any atom is -0.465 e. The van der Waals surface area contributed by atoms with Crippen LogP contribution in [-0.2, 0) is 12.7 Å². The first-order chi connectivity index (χ1) is 8.77. The van der Waals surface area contributed by atoms with E-state index in [1.54, 1.807) is 0 Å². The van der Waals surface area contributed by atoms with Gasteiger partial charge in [-0.2, -0.15) is 18.3 Å². The molecule has 1 heterocycles. The van der Waals surface area contributed by atoms with Crippen molar-refractivity contribution in [1.29, 1.82) is 0 Å². The molecule has 0 bridgehead atoms. The standard InChI is InChI=1S/C11H16F3N3O2/c1-3-4-5-6-17-9(16(2)10(18)19)7-8(15-17)11(12,13)14/h7H,3-6H2,1-2H3,(H,18,19). The van der Waals surface area contributed by atoms with E-state index in [1.165, 1.54) is 7.05 Å². The molecule has 1 rings (SSSR count). The molecule has 1 N–H and O–H groups in total. The third-order valence-corrected chi connectivity index (χ3v) is 2.65. The van der Waals surface area contributed by atoms with Crippen LogP contribution in [0.2, 0.25) is 0 Å². The van der Waals surface area contributed by atoms with Crippen molar-refractivity contribution in [3.05, 3.63) is 11.8 Å². The highest BCUT2D eigenvalue weighted by atomic mass is 19.4. The van der Waals surface area contributed by atoms with Crippen LogP contribution in [0.3, 0.4) is 0 Å². The van der Waals surface area contributed by atoms with Gasteiger partial charge in [-0.1, -0.05) is 19.8 Å². The lowest BCUT2D eigenvalue weighted by Crippen LogP contribution is -2.26. The Balaban J connectivity index is 3.04. The lowest BCUT2D eigenvalue weighted by molar-refractivity contribution is -0.141. The van der Waals surface area contributed by atoms with E-state index in [-0.39, 0.29) is 12.4 Å². The number of hydrogen-bond donors (Lipinski definition) is 1. The van der Waals surface area contributed by atoms with Crippen LogP contribution >= 0.6 is 0 Å². The van der Waals surface area contributed by atoms with E-state index in [1.807, 2.05) is 6.92 Å². The molecule has 0 aliphatic rings. The van der Waals surface area contributed by atoms with Gasteiger partial charge in [0.1, 0.15) is 5.82 Å². The average molecular weight is 279 g/mol. The summed E-state index contributed by atoms with van der Waals surface area (Å²) in [4.78, 5) is 11.6. The molecular weight excluding hydrogens is 263 g/mol. The van der Waals surface area contributed by atoms with E-state index in [9.17, 15) is 18.0 Å². The van der Waals surface area contributed by atoms with Gasteiger partial charge in [-0.05, 0) is 6.42 Å². The fraction of sp³-hybridized carbons (Fsp3) is 0.636. The quantitative estimate of drug-likeness (QED) is 0.842. The Morgan fingerprint density at radius 1 is 1.47 bits per heavy atom. The number of aromatic nitrogens is 2. The molecule has 1 aromatic rings. The Kier molecular flexibility index (Phi) is 4.79. The number of hydrogen-bond acceptors (Lipinski definition) is 2. The summed E-state index contributed by atoms with van der Waals surface area (Å²) >= 11 is 0. The van der Waals surface area contributed by atoms with Gasteiger partial charge in [-0.25, -0.2) is 9.48 Å². The normalized spacial score (nSPS) is 11.6. The first kappa shape index (κ1) is 15.3. The number of nitrogens with zero attached hydrogens (tertiary/aromatic N) is 3. The van der Waals surface area contributed by atoms with E-state index >= 15 is 0 Å². The van der Waals surface area contributed by atoms with Crippen LogP contribution in [0.5, 0.6) is 0 Å². The molecule has 108 valence electrons. The van der Waals surface area contributed by atoms with Crippen LogP contribution in [-0.4, -0.2) is 28.0 Å². The number of alkyl halides is 3. The Labute approximate surface area is 108 Å². The van der Waals surface area contributed by atoms with Gasteiger partial charge in [0.05, 0.1) is 0 Å². The molecule has 0 spiro atoms. The van der Waals surface area contributed by atoms with Crippen LogP contribution in [0.4, 0.5) is 23.8 Å². The predicted molar refractivity (Wildman–Crippen MR) is 63.2 cm³/mol. The molecule has 0 aliphatic carbocycles. The number of aryl methyl sites for hydroxylation is 1. The number of anilines is 1. The second-order valence-corrected chi connectivity index (χ2v) is 4.16. The van der Waals surface area contributed by atoms with Crippen LogP contribution in [0, 0.1) is 0 Å². The zero-order valence-electron chi connectivity index (χ0n) is 10.7. The van der Waals surface area contributed by atoms with Crippen molar-refractivity contribution in [2.45, 2.75) is 38.9 Å². The zero-order valence-corrected chi connectivity index (χ0v) is 10.7. The first-order valence-corrected chi connectivity index (χ1v) is 5.89. The van der Waals surface area contributed by atoms with Gasteiger partial charge in [0.25, 0.3) is 0 Å². The summed E-state index contributed by atoms with van der Waals surface area (Å²) < 4.78 is 38.9. The molecular formula is C11H16F3N3O2. The zero-order chi connectivity index (χ0) is 14.6. The highest BCUT2D eigenvalue weighted by molar-refractivity contribution is 5.84. The van der Waals surface area contributed by atoms with Gasteiger partial charge in [-0.3, -0.25) is 4.90 Å². The summed E-state index contributed by atoms with van der Waals surface area (Å²) in [7, 11) is 1.19. The van der Waals surface area contributed by atoms with Crippen molar-refractivity contribution in [2.75, 3.05) is 11.9 Å². The van der Waals surface area contributed by atoms with Crippen LogP contribution in [0.1, 0.15) is 31.9 Å². The molecule has 0 radical (unpaired) electrons. The van der Waals surface area contributed by atoms with Crippen molar-refractivity contribution < 1.29 is 23.1 Å². The summed E-state index contributed by atoms with van der Waals surface area (Å²) in [6.45, 7) is 2.23. The first-order valence-electron chi connectivity index (χ1n) is 5.89. The molecule has 0 unspecified atom stereocenters. The summed E-state index contributed by atoms with van der Waals surface area (Å²) in [5.74, 6) is -0.0732. The molecule has 0 atom stereocenters. The second kappa shape index (κ2) is 5.94. The Hall–Kier alpha value is -1.73. The molecule has 1 amide bonds. The van der Waals surface area contributed by atoms with Gasteiger partial charge < -0.3 is 5.11 Å². The van der Waals surface area contributed by atoms with Gasteiger partial charge in [0.2, 0.25) is 0 Å². The molecule has 0 saturated heterocycles. The van der Waals surface area contributed by atoms with Gasteiger partial charge in [0, 0.05) is 19.7 Å². The molecule has 0 aliphatic heterocycles. The molecule has 0 aromatic carbocycles. The molecule has 5 nitrogen and oxygen atoms in total. The number of halogens is 3. The summed E-state index contributed by atoms with van der Waals surface area (Å²) in [5.41, 5.74) is -1.08. The van der Waals surface area contributed by atoms with Crippen LogP contribution < -0.4 is 4.90 Å². The average Bonchev–Trinajstić information content (AvgIpc) is 2.72. The third-order valence-electron chi connectivity index (χ3n) is 2.65. The maximum Gasteiger partial charge on any atom is 0.435 e. The second-order valence-electron chi connectivity index (χ2n) is 4.16. The van der Waals surface area contributed by atoms with Gasteiger partial charge in [0.15, 0.2) is 5.69 Å². The van der Waals surface area contributed by atoms with E-state index in [2.05, 4.69) is 5.10 Å². The highest BCUT2D eigenvalue weighted by Gasteiger charge is 2.35. The molecule has 8 heteroatoms. The Morgan fingerprint density at radius 2 is 2.11 bits per heavy atom. The SMILES string of the molecule is CCCCCn1nc(C(F)(F)F)cc1N(C)C(=O)O. The van der Waals surface area contributed by atoms with Crippen molar-refractivity contribution in [2.24, 2.45) is 0 Å². The predicted octanol–water partition coefficient (Wildman–Crippen LogP) is 3.21. The van der Waals surface area contributed by atoms with E-state index in [0.717, 1.165) is 28.5 Å². The van der Waals surface area contributed by atoms with Crippen molar-refractivity contribution in [1.82, 2.24) is 9.78 Å². The van der Waals surface area contributed by atoms with Crippen molar-refractivity contribution in [3.8, 4) is 0 Å². The van der Waals surface area contributed by atoms with Gasteiger partial charge in [-0.15, -0.1) is 0 Å². The number of rotatable bonds is 5. The molecule has 19 heavy (non-hydrogen) atoms. The third kappa shape index (κ3) is 3.87. The summed E-state index contributed by atoms with van der Waals surface area (Å²) in [6, 6.07) is 0.750. The monoisotopic (exact) mass is 279 g/mol. The number of unbranched alkanes of at least 4 members (excludes halogenated alkanes) is 2. The topological polar surface area (TPSA) is 58.4 Å². The van der Waals surface area contributed by atoms with Crippen LogP contribution in [0.25, 0.3) is 0 Å². The lowest BCUT2D eigenvalue weighted by Gasteiger charge is -2.14. The number of amides is 1. The smallest absolute Gasteiger partial charge is 0.435 e. The maximum absolute atomic E-state index is 12.6. The van der Waals surface area contributed by atoms with Crippen molar-refractivity contribution in [3.63, 3.8) is 0 Å². The molecule has 1 aromatic heterocycles. The van der Waals surface area contributed by atoms with E-state index < -0.39 is 18.0 Å². The largest absolute Gasteiger partial charge is 0.465 e. The Bertz CT molecular complexity index is 443. The van der Waals surface area contributed by atoms with Gasteiger partial charge >= 0.3 is 12.3 Å². The van der Waals surface area contributed by atoms with E-state index in [4.69, 9.17) is 5.11 Å². The van der Waals surface area contributed by atoms with E-state index in [0.29, 0.717) is 6.42 Å².